The van der Waals surface area contributed by atoms with Gasteiger partial charge in [-0.05, 0) is 36.4 Å². The van der Waals surface area contributed by atoms with Crippen molar-refractivity contribution in [2.24, 2.45) is 0 Å². The van der Waals surface area contributed by atoms with Crippen LogP contribution in [0.15, 0.2) is 54.7 Å². The number of hydrogen-bond donors (Lipinski definition) is 3. The monoisotopic (exact) mass is 424 g/mol. The van der Waals surface area contributed by atoms with Crippen molar-refractivity contribution < 1.29 is 18.7 Å². The predicted molar refractivity (Wildman–Crippen MR) is 109 cm³/mol. The Morgan fingerprint density at radius 1 is 1.10 bits per heavy atom. The molecule has 0 radical (unpaired) electrons. The molecule has 0 aliphatic carbocycles. The van der Waals surface area contributed by atoms with Gasteiger partial charge in [-0.15, -0.1) is 0 Å². The Bertz CT molecular complexity index is 1240. The first-order chi connectivity index (χ1) is 15.1. The minimum Gasteiger partial charge on any atom is -0.395 e. The number of imidazole rings is 1. The number of nitrogens with one attached hydrogen (secondary N) is 2. The van der Waals surface area contributed by atoms with Crippen LogP contribution in [0.25, 0.3) is 16.9 Å². The van der Waals surface area contributed by atoms with E-state index in [1.807, 2.05) is 0 Å². The number of pyridine rings is 1. The summed E-state index contributed by atoms with van der Waals surface area (Å²) in [7, 11) is 0. The van der Waals surface area contributed by atoms with E-state index in [2.05, 4.69) is 25.7 Å². The van der Waals surface area contributed by atoms with Crippen molar-refractivity contribution in [2.45, 2.75) is 6.54 Å². The second-order valence-corrected chi connectivity index (χ2v) is 6.60. The summed E-state index contributed by atoms with van der Waals surface area (Å²) in [6, 6.07) is 12.1. The molecule has 4 rings (SSSR count). The smallest absolute Gasteiger partial charge is 0.277 e. The maximum Gasteiger partial charge on any atom is 0.277 e. The van der Waals surface area contributed by atoms with Crippen molar-refractivity contribution in [2.75, 3.05) is 18.5 Å². The van der Waals surface area contributed by atoms with Gasteiger partial charge in [0.2, 0.25) is 0 Å². The van der Waals surface area contributed by atoms with Crippen LogP contribution in [0.2, 0.25) is 0 Å². The van der Waals surface area contributed by atoms with E-state index in [0.29, 0.717) is 30.2 Å². The van der Waals surface area contributed by atoms with E-state index in [1.165, 1.54) is 28.9 Å². The van der Waals surface area contributed by atoms with Crippen LogP contribution >= 0.6 is 0 Å². The Hall–Kier alpha value is -3.76. The largest absolute Gasteiger partial charge is 0.395 e. The molecular formula is C21H18F2N6O2. The molecule has 8 nitrogen and oxygen atoms in total. The van der Waals surface area contributed by atoms with Gasteiger partial charge in [0.05, 0.1) is 24.2 Å². The molecule has 0 aliphatic heterocycles. The SMILES string of the molecule is O=C(Nc1cccc(CNCCO)n1)c1cnc2ccc(-c3cccc(F)c3F)nn12. The second-order valence-electron chi connectivity index (χ2n) is 6.60. The lowest BCUT2D eigenvalue weighted by Crippen LogP contribution is -2.19. The fourth-order valence-corrected chi connectivity index (χ4v) is 3.00. The van der Waals surface area contributed by atoms with E-state index < -0.39 is 17.5 Å². The molecule has 158 valence electrons. The zero-order chi connectivity index (χ0) is 21.8. The van der Waals surface area contributed by atoms with Crippen LogP contribution in [0.1, 0.15) is 16.2 Å². The fraction of sp³-hybridized carbons (Fsp3) is 0.143. The van der Waals surface area contributed by atoms with E-state index in [4.69, 9.17) is 5.11 Å². The minimum atomic E-state index is -1.02. The van der Waals surface area contributed by atoms with Gasteiger partial charge in [0.15, 0.2) is 23.0 Å². The molecule has 31 heavy (non-hydrogen) atoms. The Balaban J connectivity index is 1.60. The lowest BCUT2D eigenvalue weighted by Gasteiger charge is -2.08. The average molecular weight is 424 g/mol. The lowest BCUT2D eigenvalue weighted by molar-refractivity contribution is 0.102. The molecular weight excluding hydrogens is 406 g/mol. The van der Waals surface area contributed by atoms with Crippen molar-refractivity contribution in [3.63, 3.8) is 0 Å². The summed E-state index contributed by atoms with van der Waals surface area (Å²) < 4.78 is 29.0. The number of benzene rings is 1. The number of fused-ring (bicyclic) bond motifs is 1. The highest BCUT2D eigenvalue weighted by Crippen LogP contribution is 2.23. The fourth-order valence-electron chi connectivity index (χ4n) is 3.00. The van der Waals surface area contributed by atoms with Crippen molar-refractivity contribution in [1.82, 2.24) is 24.9 Å². The van der Waals surface area contributed by atoms with E-state index in [0.717, 1.165) is 6.07 Å². The highest BCUT2D eigenvalue weighted by atomic mass is 19.2. The predicted octanol–water partition coefficient (Wildman–Crippen LogP) is 2.40. The van der Waals surface area contributed by atoms with E-state index in [1.54, 1.807) is 24.3 Å². The summed E-state index contributed by atoms with van der Waals surface area (Å²) >= 11 is 0. The van der Waals surface area contributed by atoms with Crippen LogP contribution in [-0.4, -0.2) is 43.7 Å². The van der Waals surface area contributed by atoms with Crippen LogP contribution in [0.4, 0.5) is 14.6 Å². The third-order valence-electron chi connectivity index (χ3n) is 4.47. The quantitative estimate of drug-likeness (QED) is 0.394. The van der Waals surface area contributed by atoms with Gasteiger partial charge < -0.3 is 15.7 Å². The third kappa shape index (κ3) is 4.39. The normalized spacial score (nSPS) is 11.1. The number of carbonyl (C=O) groups excluding carboxylic acids is 1. The first kappa shape index (κ1) is 20.5. The number of anilines is 1. The molecule has 1 amide bonds. The first-order valence-corrected chi connectivity index (χ1v) is 9.45. The summed E-state index contributed by atoms with van der Waals surface area (Å²) in [5.74, 6) is -2.18. The van der Waals surface area contributed by atoms with Gasteiger partial charge in [-0.2, -0.15) is 5.10 Å². The van der Waals surface area contributed by atoms with Crippen molar-refractivity contribution in [3.8, 4) is 11.3 Å². The van der Waals surface area contributed by atoms with Crippen molar-refractivity contribution >= 4 is 17.4 Å². The molecule has 4 aromatic rings. The highest BCUT2D eigenvalue weighted by Gasteiger charge is 2.17. The molecule has 0 aliphatic rings. The van der Waals surface area contributed by atoms with Gasteiger partial charge in [0, 0.05) is 18.7 Å². The van der Waals surface area contributed by atoms with Gasteiger partial charge in [-0.1, -0.05) is 12.1 Å². The molecule has 3 heterocycles. The first-order valence-electron chi connectivity index (χ1n) is 9.45. The maximum absolute atomic E-state index is 14.2. The molecule has 10 heteroatoms. The van der Waals surface area contributed by atoms with Crippen molar-refractivity contribution in [3.05, 3.63) is 77.8 Å². The summed E-state index contributed by atoms with van der Waals surface area (Å²) in [4.78, 5) is 21.3. The summed E-state index contributed by atoms with van der Waals surface area (Å²) in [6.07, 6.45) is 1.34. The number of amides is 1. The topological polar surface area (TPSA) is 104 Å². The number of aliphatic hydroxyl groups is 1. The zero-order valence-electron chi connectivity index (χ0n) is 16.2. The lowest BCUT2D eigenvalue weighted by atomic mass is 10.1. The number of nitrogens with zero attached hydrogens (tertiary/aromatic N) is 4. The standard InChI is InChI=1S/C21H18F2N6O2/c22-15-5-2-4-14(20(15)23)16-7-8-19-25-12-17(29(19)28-16)21(31)27-18-6-1-3-13(26-18)11-24-9-10-30/h1-8,12,24,30H,9-11H2,(H,26,27,31). The van der Waals surface area contributed by atoms with Gasteiger partial charge in [0.25, 0.3) is 5.91 Å². The Labute approximate surface area is 175 Å². The second kappa shape index (κ2) is 8.94. The molecule has 0 saturated carbocycles. The minimum absolute atomic E-state index is 0.0131. The zero-order valence-corrected chi connectivity index (χ0v) is 16.2. The Morgan fingerprint density at radius 3 is 2.77 bits per heavy atom. The number of aliphatic hydroxyl groups excluding tert-OH is 1. The average Bonchev–Trinajstić information content (AvgIpc) is 3.19. The highest BCUT2D eigenvalue weighted by molar-refractivity contribution is 6.02. The van der Waals surface area contributed by atoms with E-state index >= 15 is 0 Å². The van der Waals surface area contributed by atoms with E-state index in [-0.39, 0.29) is 23.6 Å². The molecule has 0 saturated heterocycles. The van der Waals surface area contributed by atoms with Gasteiger partial charge in [0.1, 0.15) is 5.82 Å². The molecule has 3 N–H and O–H groups in total. The molecule has 0 bridgehead atoms. The Kier molecular flexibility index (Phi) is 5.92. The number of rotatable bonds is 7. The number of carbonyl (C=O) groups is 1. The van der Waals surface area contributed by atoms with Gasteiger partial charge in [-0.3, -0.25) is 4.79 Å². The third-order valence-corrected chi connectivity index (χ3v) is 4.47. The number of halogens is 2. The molecule has 0 unspecified atom stereocenters. The summed E-state index contributed by atoms with van der Waals surface area (Å²) in [5, 5.41) is 18.8. The molecule has 0 atom stereocenters. The van der Waals surface area contributed by atoms with Crippen LogP contribution in [0.5, 0.6) is 0 Å². The molecule has 3 aromatic heterocycles. The van der Waals surface area contributed by atoms with Crippen LogP contribution < -0.4 is 10.6 Å². The molecule has 1 aromatic carbocycles. The van der Waals surface area contributed by atoms with E-state index in [9.17, 15) is 13.6 Å². The number of hydrogen-bond acceptors (Lipinski definition) is 6. The van der Waals surface area contributed by atoms with Crippen molar-refractivity contribution in [1.29, 1.82) is 0 Å². The summed E-state index contributed by atoms with van der Waals surface area (Å²) in [6.45, 7) is 0.878. The summed E-state index contributed by atoms with van der Waals surface area (Å²) in [5.41, 5.74) is 1.31. The van der Waals surface area contributed by atoms with Crippen LogP contribution in [0.3, 0.4) is 0 Å². The van der Waals surface area contributed by atoms with Crippen LogP contribution in [-0.2, 0) is 6.54 Å². The van der Waals surface area contributed by atoms with Crippen LogP contribution in [0, 0.1) is 11.6 Å². The Morgan fingerprint density at radius 2 is 1.94 bits per heavy atom. The molecule has 0 fully saturated rings. The van der Waals surface area contributed by atoms with Gasteiger partial charge >= 0.3 is 0 Å². The molecule has 0 spiro atoms. The number of aromatic nitrogens is 4. The maximum atomic E-state index is 14.2. The van der Waals surface area contributed by atoms with Gasteiger partial charge in [-0.25, -0.2) is 23.3 Å².